The molecule has 5 nitrogen and oxygen atoms in total. The molecule has 0 amide bonds. The smallest absolute Gasteiger partial charge is 0.195 e. The van der Waals surface area contributed by atoms with Gasteiger partial charge in [0.1, 0.15) is 0 Å². The van der Waals surface area contributed by atoms with Crippen molar-refractivity contribution in [3.8, 4) is 0 Å². The molecule has 1 saturated heterocycles. The van der Waals surface area contributed by atoms with E-state index in [4.69, 9.17) is 4.74 Å². The summed E-state index contributed by atoms with van der Waals surface area (Å²) in [6.07, 6.45) is 1.95. The van der Waals surface area contributed by atoms with Crippen molar-refractivity contribution < 1.29 is 9.84 Å². The highest BCUT2D eigenvalue weighted by Gasteiger charge is 2.20. The van der Waals surface area contributed by atoms with Crippen LogP contribution in [0.5, 0.6) is 0 Å². The minimum Gasteiger partial charge on any atom is -0.390 e. The largest absolute Gasteiger partial charge is 0.390 e. The Morgan fingerprint density at radius 2 is 2.25 bits per heavy atom. The molecule has 1 fully saturated rings. The number of ether oxygens (including phenoxy) is 1. The third kappa shape index (κ3) is 1.50. The maximum Gasteiger partial charge on any atom is 0.195 e. The number of nitrogens with zero attached hydrogens (tertiary/aromatic N) is 3. The van der Waals surface area contributed by atoms with Crippen molar-refractivity contribution in [1.82, 2.24) is 9.38 Å². The first-order chi connectivity index (χ1) is 7.90. The summed E-state index contributed by atoms with van der Waals surface area (Å²) in [5.41, 5.74) is 0.873. The van der Waals surface area contributed by atoms with E-state index >= 15 is 0 Å². The molecule has 2 aromatic heterocycles. The highest BCUT2D eigenvalue weighted by molar-refractivity contribution is 7.15. The fourth-order valence-electron chi connectivity index (χ4n) is 2.00. The molecule has 0 bridgehead atoms. The summed E-state index contributed by atoms with van der Waals surface area (Å²) >= 11 is 1.58. The molecule has 0 aliphatic carbocycles. The Kier molecular flexibility index (Phi) is 2.55. The number of anilines is 1. The highest BCUT2D eigenvalue weighted by Crippen LogP contribution is 2.25. The number of aliphatic hydroxyl groups excluding tert-OH is 1. The van der Waals surface area contributed by atoms with E-state index in [1.807, 2.05) is 16.0 Å². The first-order valence-corrected chi connectivity index (χ1v) is 6.16. The van der Waals surface area contributed by atoms with Crippen LogP contribution in [-0.4, -0.2) is 40.8 Å². The minimum absolute atomic E-state index is 0.0184. The molecule has 0 radical (unpaired) electrons. The Hall–Kier alpha value is -1.11. The van der Waals surface area contributed by atoms with Crippen LogP contribution < -0.4 is 4.90 Å². The molecule has 0 aromatic carbocycles. The van der Waals surface area contributed by atoms with Gasteiger partial charge in [-0.3, -0.25) is 4.40 Å². The number of morpholine rings is 1. The number of thiazole rings is 1. The van der Waals surface area contributed by atoms with Gasteiger partial charge in [0.25, 0.3) is 0 Å². The number of imidazole rings is 1. The van der Waals surface area contributed by atoms with Crippen LogP contribution in [0.2, 0.25) is 0 Å². The second-order valence-electron chi connectivity index (χ2n) is 3.70. The summed E-state index contributed by atoms with van der Waals surface area (Å²) in [6.45, 7) is 3.17. The molecule has 6 heteroatoms. The Morgan fingerprint density at radius 1 is 1.44 bits per heavy atom. The number of rotatable bonds is 2. The van der Waals surface area contributed by atoms with Crippen LogP contribution in [0.4, 0.5) is 5.82 Å². The SMILES string of the molecule is OCc1c(N2CCOCC2)nc2sccn12. The summed E-state index contributed by atoms with van der Waals surface area (Å²) in [5.74, 6) is 0.901. The van der Waals surface area contributed by atoms with Gasteiger partial charge in [0, 0.05) is 24.7 Å². The average Bonchev–Trinajstić information content (AvgIpc) is 2.89. The van der Waals surface area contributed by atoms with Gasteiger partial charge >= 0.3 is 0 Å². The first kappa shape index (κ1) is 10.1. The molecular formula is C10H13N3O2S. The zero-order valence-corrected chi connectivity index (χ0v) is 9.61. The Bertz CT molecular complexity index is 487. The maximum atomic E-state index is 9.44. The van der Waals surface area contributed by atoms with E-state index in [1.165, 1.54) is 0 Å². The van der Waals surface area contributed by atoms with Crippen molar-refractivity contribution in [2.45, 2.75) is 6.61 Å². The van der Waals surface area contributed by atoms with Crippen molar-refractivity contribution in [3.05, 3.63) is 17.3 Å². The summed E-state index contributed by atoms with van der Waals surface area (Å²) in [4.78, 5) is 7.67. The van der Waals surface area contributed by atoms with Crippen LogP contribution in [0.25, 0.3) is 4.96 Å². The minimum atomic E-state index is 0.0184. The van der Waals surface area contributed by atoms with Gasteiger partial charge in [0.15, 0.2) is 10.8 Å². The molecular weight excluding hydrogens is 226 g/mol. The van der Waals surface area contributed by atoms with Crippen LogP contribution in [0.15, 0.2) is 11.6 Å². The Balaban J connectivity index is 2.03. The molecule has 1 aliphatic heterocycles. The van der Waals surface area contributed by atoms with E-state index in [1.54, 1.807) is 11.3 Å². The number of hydrogen-bond donors (Lipinski definition) is 1. The van der Waals surface area contributed by atoms with Gasteiger partial charge in [-0.05, 0) is 0 Å². The zero-order chi connectivity index (χ0) is 11.0. The van der Waals surface area contributed by atoms with Crippen LogP contribution >= 0.6 is 11.3 Å². The average molecular weight is 239 g/mol. The molecule has 3 rings (SSSR count). The lowest BCUT2D eigenvalue weighted by atomic mass is 10.3. The van der Waals surface area contributed by atoms with Gasteiger partial charge in [0.05, 0.1) is 25.5 Å². The van der Waals surface area contributed by atoms with Gasteiger partial charge in [-0.1, -0.05) is 0 Å². The second kappa shape index (κ2) is 4.04. The lowest BCUT2D eigenvalue weighted by Gasteiger charge is -2.27. The molecule has 86 valence electrons. The quantitative estimate of drug-likeness (QED) is 0.839. The predicted octanol–water partition coefficient (Wildman–Crippen LogP) is 0.725. The monoisotopic (exact) mass is 239 g/mol. The van der Waals surface area contributed by atoms with Crippen molar-refractivity contribution in [3.63, 3.8) is 0 Å². The maximum absolute atomic E-state index is 9.44. The molecule has 2 aromatic rings. The first-order valence-electron chi connectivity index (χ1n) is 5.28. The van der Waals surface area contributed by atoms with Crippen LogP contribution in [0.3, 0.4) is 0 Å². The van der Waals surface area contributed by atoms with Crippen LogP contribution in [0.1, 0.15) is 5.69 Å². The lowest BCUT2D eigenvalue weighted by Crippen LogP contribution is -2.37. The Morgan fingerprint density at radius 3 is 3.00 bits per heavy atom. The summed E-state index contributed by atoms with van der Waals surface area (Å²) in [7, 11) is 0. The van der Waals surface area contributed by atoms with Crippen molar-refractivity contribution in [2.75, 3.05) is 31.2 Å². The third-order valence-corrected chi connectivity index (χ3v) is 3.56. The number of aliphatic hydroxyl groups is 1. The number of aromatic nitrogens is 2. The van der Waals surface area contributed by atoms with Crippen molar-refractivity contribution in [2.24, 2.45) is 0 Å². The molecule has 0 spiro atoms. The standard InChI is InChI=1S/C10H13N3O2S/c14-7-8-9(12-1-4-15-5-2-12)11-10-13(8)3-6-16-10/h3,6,14H,1-2,4-5,7H2. The van der Waals surface area contributed by atoms with Gasteiger partial charge in [-0.25, -0.2) is 4.98 Å². The highest BCUT2D eigenvalue weighted by atomic mass is 32.1. The molecule has 0 saturated carbocycles. The van der Waals surface area contributed by atoms with E-state index in [2.05, 4.69) is 9.88 Å². The topological polar surface area (TPSA) is 50.0 Å². The number of hydrogen-bond acceptors (Lipinski definition) is 5. The lowest BCUT2D eigenvalue weighted by molar-refractivity contribution is 0.122. The fourth-order valence-corrected chi connectivity index (χ4v) is 2.72. The third-order valence-electron chi connectivity index (χ3n) is 2.80. The molecule has 16 heavy (non-hydrogen) atoms. The van der Waals surface area contributed by atoms with Crippen molar-refractivity contribution in [1.29, 1.82) is 0 Å². The second-order valence-corrected chi connectivity index (χ2v) is 4.57. The van der Waals surface area contributed by atoms with Gasteiger partial charge in [-0.15, -0.1) is 11.3 Å². The van der Waals surface area contributed by atoms with Gasteiger partial charge in [0.2, 0.25) is 0 Å². The van der Waals surface area contributed by atoms with Crippen LogP contribution in [0, 0.1) is 0 Å². The van der Waals surface area contributed by atoms with E-state index in [0.717, 1.165) is 42.8 Å². The number of fused-ring (bicyclic) bond motifs is 1. The van der Waals surface area contributed by atoms with E-state index in [9.17, 15) is 5.11 Å². The summed E-state index contributed by atoms with van der Waals surface area (Å²) < 4.78 is 7.27. The summed E-state index contributed by atoms with van der Waals surface area (Å²) in [6, 6.07) is 0. The molecule has 0 unspecified atom stereocenters. The van der Waals surface area contributed by atoms with Gasteiger partial charge in [-0.2, -0.15) is 0 Å². The summed E-state index contributed by atoms with van der Waals surface area (Å²) in [5, 5.41) is 11.4. The van der Waals surface area contributed by atoms with Gasteiger partial charge < -0.3 is 14.7 Å². The normalized spacial score (nSPS) is 17.2. The van der Waals surface area contributed by atoms with Crippen LogP contribution in [-0.2, 0) is 11.3 Å². The molecule has 1 N–H and O–H groups in total. The predicted molar refractivity (Wildman–Crippen MR) is 62.0 cm³/mol. The van der Waals surface area contributed by atoms with Crippen molar-refractivity contribution >= 4 is 22.1 Å². The molecule has 0 atom stereocenters. The Labute approximate surface area is 96.9 Å². The fraction of sp³-hybridized carbons (Fsp3) is 0.500. The molecule has 1 aliphatic rings. The zero-order valence-electron chi connectivity index (χ0n) is 8.80. The van der Waals surface area contributed by atoms with E-state index < -0.39 is 0 Å². The van der Waals surface area contributed by atoms with E-state index in [-0.39, 0.29) is 6.61 Å². The van der Waals surface area contributed by atoms with E-state index in [0.29, 0.717) is 0 Å². The molecule has 3 heterocycles.